The molecular weight excluding hydrogens is 413 g/mol. The molecule has 25 heavy (non-hydrogen) atoms. The third-order valence-corrected chi connectivity index (χ3v) is 6.57. The molecule has 1 aliphatic rings. The van der Waals surface area contributed by atoms with Gasteiger partial charge in [-0.25, -0.2) is 17.6 Å². The molecule has 0 N–H and O–H groups in total. The number of anilines is 1. The SMILES string of the molecule is COC(=O)c1cc(S(=O)(=O)N2CCc3ccc(C)cc32)c(F)cc1Br. The Hall–Kier alpha value is -1.93. The molecule has 0 atom stereocenters. The molecule has 0 aromatic heterocycles. The number of hydrogen-bond donors (Lipinski definition) is 0. The van der Waals surface area contributed by atoms with E-state index in [-0.39, 0.29) is 16.6 Å². The lowest BCUT2D eigenvalue weighted by Crippen LogP contribution is -2.30. The van der Waals surface area contributed by atoms with Crippen LogP contribution in [0.25, 0.3) is 0 Å². The van der Waals surface area contributed by atoms with Crippen LogP contribution in [0.15, 0.2) is 39.7 Å². The summed E-state index contributed by atoms with van der Waals surface area (Å²) in [6.07, 6.45) is 0.552. The lowest BCUT2D eigenvalue weighted by atomic mass is 10.1. The molecule has 2 aromatic carbocycles. The zero-order valence-corrected chi connectivity index (χ0v) is 15.9. The predicted octanol–water partition coefficient (Wildman–Crippen LogP) is 3.43. The molecule has 0 bridgehead atoms. The molecule has 0 radical (unpaired) electrons. The second-order valence-electron chi connectivity index (χ2n) is 5.71. The number of rotatable bonds is 3. The zero-order valence-electron chi connectivity index (χ0n) is 13.5. The van der Waals surface area contributed by atoms with Crippen LogP contribution in [0.5, 0.6) is 0 Å². The molecule has 0 saturated heterocycles. The molecule has 0 unspecified atom stereocenters. The summed E-state index contributed by atoms with van der Waals surface area (Å²) in [5, 5.41) is 0. The highest BCUT2D eigenvalue weighted by Crippen LogP contribution is 2.35. The number of sulfonamides is 1. The average Bonchev–Trinajstić information content (AvgIpc) is 2.97. The molecule has 5 nitrogen and oxygen atoms in total. The van der Waals surface area contributed by atoms with Gasteiger partial charge in [-0.15, -0.1) is 0 Å². The van der Waals surface area contributed by atoms with Crippen molar-refractivity contribution in [2.45, 2.75) is 18.2 Å². The molecular formula is C17H15BrFNO4S. The summed E-state index contributed by atoms with van der Waals surface area (Å²) in [5.74, 6) is -1.68. The van der Waals surface area contributed by atoms with Gasteiger partial charge in [0.2, 0.25) is 0 Å². The lowest BCUT2D eigenvalue weighted by molar-refractivity contribution is 0.0599. The van der Waals surface area contributed by atoms with Crippen LogP contribution in [-0.2, 0) is 21.2 Å². The van der Waals surface area contributed by atoms with Crippen molar-refractivity contribution in [3.8, 4) is 0 Å². The van der Waals surface area contributed by atoms with Gasteiger partial charge in [0.15, 0.2) is 0 Å². The summed E-state index contributed by atoms with van der Waals surface area (Å²) in [6.45, 7) is 2.09. The van der Waals surface area contributed by atoms with Gasteiger partial charge in [0, 0.05) is 11.0 Å². The molecule has 0 fully saturated rings. The largest absolute Gasteiger partial charge is 0.465 e. The van der Waals surface area contributed by atoms with Crippen molar-refractivity contribution in [3.63, 3.8) is 0 Å². The Morgan fingerprint density at radius 2 is 2.00 bits per heavy atom. The Morgan fingerprint density at radius 3 is 2.68 bits per heavy atom. The molecule has 132 valence electrons. The smallest absolute Gasteiger partial charge is 0.339 e. The molecule has 2 aromatic rings. The van der Waals surface area contributed by atoms with Crippen molar-refractivity contribution in [3.05, 3.63) is 57.3 Å². The Bertz CT molecular complexity index is 975. The van der Waals surface area contributed by atoms with Crippen LogP contribution in [0.3, 0.4) is 0 Å². The van der Waals surface area contributed by atoms with Gasteiger partial charge in [0.25, 0.3) is 10.0 Å². The van der Waals surface area contributed by atoms with E-state index in [1.54, 1.807) is 6.07 Å². The number of aryl methyl sites for hydroxylation is 1. The number of ether oxygens (including phenoxy) is 1. The van der Waals surface area contributed by atoms with Gasteiger partial charge in [-0.1, -0.05) is 12.1 Å². The molecule has 0 aliphatic carbocycles. The number of carbonyl (C=O) groups is 1. The first kappa shape index (κ1) is 17.9. The van der Waals surface area contributed by atoms with Crippen molar-refractivity contribution in [2.75, 3.05) is 18.0 Å². The first-order chi connectivity index (χ1) is 11.8. The van der Waals surface area contributed by atoms with E-state index in [0.717, 1.165) is 23.3 Å². The summed E-state index contributed by atoms with van der Waals surface area (Å²) in [5.41, 5.74) is 2.29. The fourth-order valence-corrected chi connectivity index (χ4v) is 4.87. The first-order valence-electron chi connectivity index (χ1n) is 7.45. The van der Waals surface area contributed by atoms with E-state index in [1.165, 1.54) is 11.4 Å². The number of nitrogens with zero attached hydrogens (tertiary/aromatic N) is 1. The predicted molar refractivity (Wildman–Crippen MR) is 94.9 cm³/mol. The van der Waals surface area contributed by atoms with Gasteiger partial charge in [0.1, 0.15) is 10.7 Å². The summed E-state index contributed by atoms with van der Waals surface area (Å²) >= 11 is 3.06. The average molecular weight is 428 g/mol. The molecule has 0 amide bonds. The highest BCUT2D eigenvalue weighted by atomic mass is 79.9. The molecule has 0 spiro atoms. The van der Waals surface area contributed by atoms with Crippen molar-refractivity contribution < 1.29 is 22.3 Å². The fourth-order valence-electron chi connectivity index (χ4n) is 2.82. The third kappa shape index (κ3) is 3.04. The van der Waals surface area contributed by atoms with Gasteiger partial charge >= 0.3 is 5.97 Å². The maximum Gasteiger partial charge on any atom is 0.339 e. The standard InChI is InChI=1S/C17H15BrFNO4S/c1-10-3-4-11-5-6-20(15(11)7-10)25(22,23)16-8-12(17(21)24-2)13(18)9-14(16)19/h3-4,7-9H,5-6H2,1-2H3. The van der Waals surface area contributed by atoms with Gasteiger partial charge in [-0.2, -0.15) is 0 Å². The number of carbonyl (C=O) groups excluding carboxylic acids is 1. The maximum atomic E-state index is 14.4. The second kappa shape index (κ2) is 6.42. The molecule has 8 heteroatoms. The second-order valence-corrected chi connectivity index (χ2v) is 8.40. The number of hydrogen-bond acceptors (Lipinski definition) is 4. The van der Waals surface area contributed by atoms with Gasteiger partial charge in [0.05, 0.1) is 18.4 Å². The Kier molecular flexibility index (Phi) is 4.59. The minimum absolute atomic E-state index is 0.0499. The Balaban J connectivity index is 2.14. The Labute approximate surface area is 153 Å². The lowest BCUT2D eigenvalue weighted by Gasteiger charge is -2.21. The van der Waals surface area contributed by atoms with Crippen LogP contribution in [-0.4, -0.2) is 28.0 Å². The van der Waals surface area contributed by atoms with Crippen LogP contribution < -0.4 is 4.31 Å². The summed E-state index contributed by atoms with van der Waals surface area (Å²) in [7, 11) is -2.98. The summed E-state index contributed by atoms with van der Waals surface area (Å²) < 4.78 is 46.4. The number of methoxy groups -OCH3 is 1. The topological polar surface area (TPSA) is 63.7 Å². The van der Waals surface area contributed by atoms with Crippen molar-refractivity contribution in [2.24, 2.45) is 0 Å². The van der Waals surface area contributed by atoms with E-state index in [9.17, 15) is 17.6 Å². The van der Waals surface area contributed by atoms with Crippen molar-refractivity contribution in [1.29, 1.82) is 0 Å². The molecule has 0 saturated carbocycles. The van der Waals surface area contributed by atoms with Crippen LogP contribution in [0.2, 0.25) is 0 Å². The quantitative estimate of drug-likeness (QED) is 0.703. The van der Waals surface area contributed by atoms with Gasteiger partial charge in [-0.3, -0.25) is 4.31 Å². The highest BCUT2D eigenvalue weighted by molar-refractivity contribution is 9.10. The molecule has 3 rings (SSSR count). The number of halogens is 2. The summed E-state index contributed by atoms with van der Waals surface area (Å²) in [4.78, 5) is 11.3. The van der Waals surface area contributed by atoms with E-state index in [1.807, 2.05) is 19.1 Å². The van der Waals surface area contributed by atoms with E-state index in [4.69, 9.17) is 0 Å². The van der Waals surface area contributed by atoms with E-state index < -0.39 is 26.7 Å². The molecule has 1 aliphatic heterocycles. The number of fused-ring (bicyclic) bond motifs is 1. The van der Waals surface area contributed by atoms with E-state index >= 15 is 0 Å². The van der Waals surface area contributed by atoms with E-state index in [0.29, 0.717) is 12.1 Å². The Morgan fingerprint density at radius 1 is 1.28 bits per heavy atom. The number of benzene rings is 2. The monoisotopic (exact) mass is 427 g/mol. The minimum atomic E-state index is -4.15. The highest BCUT2D eigenvalue weighted by Gasteiger charge is 2.34. The van der Waals surface area contributed by atoms with E-state index in [2.05, 4.69) is 20.7 Å². The molecule has 1 heterocycles. The van der Waals surface area contributed by atoms with Crippen LogP contribution in [0.1, 0.15) is 21.5 Å². The van der Waals surface area contributed by atoms with Crippen LogP contribution >= 0.6 is 15.9 Å². The zero-order chi connectivity index (χ0) is 18.4. The van der Waals surface area contributed by atoms with Gasteiger partial charge in [-0.05, 0) is 58.6 Å². The fraction of sp³-hybridized carbons (Fsp3) is 0.235. The van der Waals surface area contributed by atoms with Crippen LogP contribution in [0.4, 0.5) is 10.1 Å². The van der Waals surface area contributed by atoms with Crippen molar-refractivity contribution in [1.82, 2.24) is 0 Å². The number of esters is 1. The summed E-state index contributed by atoms with van der Waals surface area (Å²) in [6, 6.07) is 7.52. The van der Waals surface area contributed by atoms with Crippen LogP contribution in [0, 0.1) is 12.7 Å². The maximum absolute atomic E-state index is 14.4. The normalized spacial score (nSPS) is 13.7. The first-order valence-corrected chi connectivity index (χ1v) is 9.68. The van der Waals surface area contributed by atoms with Gasteiger partial charge < -0.3 is 4.74 Å². The van der Waals surface area contributed by atoms with Crippen molar-refractivity contribution >= 4 is 37.6 Å². The third-order valence-electron chi connectivity index (χ3n) is 4.09. The minimum Gasteiger partial charge on any atom is -0.465 e.